The molecule has 0 spiro atoms. The van der Waals surface area contributed by atoms with E-state index in [1.54, 1.807) is 18.5 Å². The smallest absolute Gasteiger partial charge is 0.375 e. The summed E-state index contributed by atoms with van der Waals surface area (Å²) in [6, 6.07) is 3.54. The molecule has 0 bridgehead atoms. The fourth-order valence-electron chi connectivity index (χ4n) is 2.20. The van der Waals surface area contributed by atoms with Crippen LogP contribution in [0.5, 0.6) is 0 Å². The molecular weight excluding hydrogens is 301 g/mol. The molecule has 3 aromatic rings. The summed E-state index contributed by atoms with van der Waals surface area (Å²) < 4.78 is 40.0. The molecule has 0 amide bonds. The van der Waals surface area contributed by atoms with E-state index in [9.17, 15) is 13.2 Å². The molecule has 1 aromatic carbocycles. The van der Waals surface area contributed by atoms with Gasteiger partial charge in [-0.1, -0.05) is 11.3 Å². The van der Waals surface area contributed by atoms with Gasteiger partial charge < -0.3 is 10.3 Å². The predicted octanol–water partition coefficient (Wildman–Crippen LogP) is 3.61. The lowest BCUT2D eigenvalue weighted by molar-refractivity contribution is -0.137. The van der Waals surface area contributed by atoms with E-state index in [1.807, 2.05) is 0 Å². The summed E-state index contributed by atoms with van der Waals surface area (Å²) in [4.78, 5) is 9.19. The summed E-state index contributed by atoms with van der Waals surface area (Å²) in [5, 5.41) is 0.408. The largest absolute Gasteiger partial charge is 0.416 e. The first-order valence-electron chi connectivity index (χ1n) is 6.04. The van der Waals surface area contributed by atoms with Gasteiger partial charge in [0.1, 0.15) is 0 Å². The van der Waals surface area contributed by atoms with Crippen LogP contribution in [-0.4, -0.2) is 14.5 Å². The maximum Gasteiger partial charge on any atom is 0.416 e. The number of hydrogen-bond acceptors (Lipinski definition) is 4. The predicted molar refractivity (Wildman–Crippen MR) is 76.0 cm³/mol. The highest BCUT2D eigenvalue weighted by atomic mass is 32.1. The molecule has 8 heteroatoms. The van der Waals surface area contributed by atoms with E-state index in [2.05, 4.69) is 9.97 Å². The molecule has 0 aliphatic carbocycles. The normalized spacial score (nSPS) is 12.2. The number of rotatable bonds is 1. The van der Waals surface area contributed by atoms with Crippen molar-refractivity contribution in [1.29, 1.82) is 0 Å². The Morgan fingerprint density at radius 3 is 2.52 bits per heavy atom. The number of halogens is 3. The number of alkyl halides is 3. The molecule has 0 unspecified atom stereocenters. The van der Waals surface area contributed by atoms with Gasteiger partial charge in [0.05, 0.1) is 27.2 Å². The summed E-state index contributed by atoms with van der Waals surface area (Å²) in [5.74, 6) is 0.566. The van der Waals surface area contributed by atoms with Crippen LogP contribution in [0, 0.1) is 6.92 Å². The Morgan fingerprint density at radius 2 is 1.95 bits per heavy atom. The minimum Gasteiger partial charge on any atom is -0.375 e. The number of anilines is 1. The van der Waals surface area contributed by atoms with Gasteiger partial charge in [-0.2, -0.15) is 13.2 Å². The standard InChI is InChI=1S/C13H11F3N4S/c1-6-10(21-12(17)18-6)11-19-8-5-7(13(14,15)16)3-4-9(8)20(11)2/h3-5H,1-2H3,(H2,17,18). The van der Waals surface area contributed by atoms with Crippen molar-refractivity contribution in [1.82, 2.24) is 14.5 Å². The molecule has 0 saturated carbocycles. The number of benzene rings is 1. The number of aryl methyl sites for hydroxylation is 2. The van der Waals surface area contributed by atoms with Gasteiger partial charge in [-0.25, -0.2) is 9.97 Å². The fourth-order valence-corrected chi connectivity index (χ4v) is 3.06. The van der Waals surface area contributed by atoms with E-state index in [0.29, 0.717) is 27.7 Å². The Morgan fingerprint density at radius 1 is 1.24 bits per heavy atom. The lowest BCUT2D eigenvalue weighted by atomic mass is 10.2. The monoisotopic (exact) mass is 312 g/mol. The molecule has 3 rings (SSSR count). The van der Waals surface area contributed by atoms with E-state index in [0.717, 1.165) is 17.0 Å². The molecule has 2 heterocycles. The second-order valence-electron chi connectivity index (χ2n) is 4.66. The van der Waals surface area contributed by atoms with E-state index in [4.69, 9.17) is 5.73 Å². The van der Waals surface area contributed by atoms with Crippen molar-refractivity contribution in [3.63, 3.8) is 0 Å². The quantitative estimate of drug-likeness (QED) is 0.747. The fraction of sp³-hybridized carbons (Fsp3) is 0.231. The van der Waals surface area contributed by atoms with Crippen LogP contribution in [0.25, 0.3) is 21.7 Å². The highest BCUT2D eigenvalue weighted by Crippen LogP contribution is 2.35. The van der Waals surface area contributed by atoms with Crippen LogP contribution in [0.1, 0.15) is 11.3 Å². The number of nitrogens with two attached hydrogens (primary N) is 1. The van der Waals surface area contributed by atoms with Crippen molar-refractivity contribution in [2.45, 2.75) is 13.1 Å². The highest BCUT2D eigenvalue weighted by Gasteiger charge is 2.31. The highest BCUT2D eigenvalue weighted by molar-refractivity contribution is 7.18. The van der Waals surface area contributed by atoms with Crippen LogP contribution in [0.15, 0.2) is 18.2 Å². The molecule has 2 aromatic heterocycles. The molecule has 0 saturated heterocycles. The van der Waals surface area contributed by atoms with Crippen LogP contribution < -0.4 is 5.73 Å². The van der Waals surface area contributed by atoms with E-state index >= 15 is 0 Å². The lowest BCUT2D eigenvalue weighted by Gasteiger charge is -2.05. The number of aromatic nitrogens is 3. The van der Waals surface area contributed by atoms with Crippen molar-refractivity contribution in [3.8, 4) is 10.7 Å². The zero-order valence-electron chi connectivity index (χ0n) is 11.2. The average Bonchev–Trinajstić information content (AvgIpc) is 2.88. The summed E-state index contributed by atoms with van der Waals surface area (Å²) in [6.45, 7) is 1.79. The van der Waals surface area contributed by atoms with Crippen LogP contribution in [-0.2, 0) is 13.2 Å². The zero-order chi connectivity index (χ0) is 15.4. The van der Waals surface area contributed by atoms with Crippen LogP contribution in [0.3, 0.4) is 0 Å². The van der Waals surface area contributed by atoms with Gasteiger partial charge in [0.25, 0.3) is 0 Å². The molecule has 2 N–H and O–H groups in total. The van der Waals surface area contributed by atoms with Gasteiger partial charge >= 0.3 is 6.18 Å². The molecule has 21 heavy (non-hydrogen) atoms. The van der Waals surface area contributed by atoms with Crippen molar-refractivity contribution in [3.05, 3.63) is 29.5 Å². The average molecular weight is 312 g/mol. The molecule has 0 fully saturated rings. The Bertz CT molecular complexity index is 832. The Labute approximate surface area is 122 Å². The van der Waals surface area contributed by atoms with Gasteiger partial charge in [-0.15, -0.1) is 0 Å². The number of hydrogen-bond donors (Lipinski definition) is 1. The first kappa shape index (κ1) is 13.9. The Balaban J connectivity index is 2.22. The molecular formula is C13H11F3N4S. The van der Waals surface area contributed by atoms with Crippen LogP contribution in [0.4, 0.5) is 18.3 Å². The van der Waals surface area contributed by atoms with Gasteiger partial charge in [-0.05, 0) is 25.1 Å². The number of imidazole rings is 1. The summed E-state index contributed by atoms with van der Waals surface area (Å²) in [6.07, 6.45) is -4.38. The van der Waals surface area contributed by atoms with Crippen molar-refractivity contribution >= 4 is 27.5 Å². The number of nitrogen functional groups attached to an aromatic ring is 1. The minimum absolute atomic E-state index is 0.300. The third-order valence-electron chi connectivity index (χ3n) is 3.22. The Kier molecular flexibility index (Phi) is 2.94. The second kappa shape index (κ2) is 4.45. The molecule has 0 radical (unpaired) electrons. The molecule has 110 valence electrons. The third-order valence-corrected chi connectivity index (χ3v) is 4.21. The molecule has 4 nitrogen and oxygen atoms in total. The van der Waals surface area contributed by atoms with E-state index in [1.165, 1.54) is 17.4 Å². The first-order valence-corrected chi connectivity index (χ1v) is 6.86. The van der Waals surface area contributed by atoms with Gasteiger partial charge in [0.2, 0.25) is 0 Å². The van der Waals surface area contributed by atoms with Gasteiger partial charge in [0, 0.05) is 7.05 Å². The summed E-state index contributed by atoms with van der Waals surface area (Å²) in [5.41, 5.74) is 6.60. The maximum absolute atomic E-state index is 12.8. The van der Waals surface area contributed by atoms with Crippen molar-refractivity contribution in [2.75, 3.05) is 5.73 Å². The summed E-state index contributed by atoms with van der Waals surface area (Å²) >= 11 is 1.27. The van der Waals surface area contributed by atoms with Crippen LogP contribution in [0.2, 0.25) is 0 Å². The van der Waals surface area contributed by atoms with Gasteiger partial charge in [-0.3, -0.25) is 0 Å². The minimum atomic E-state index is -4.38. The molecule has 0 atom stereocenters. The molecule has 0 aliphatic heterocycles. The van der Waals surface area contributed by atoms with Crippen LogP contribution >= 0.6 is 11.3 Å². The lowest BCUT2D eigenvalue weighted by Crippen LogP contribution is -2.04. The number of thiazole rings is 1. The number of fused-ring (bicyclic) bond motifs is 1. The number of nitrogens with zero attached hydrogens (tertiary/aromatic N) is 3. The summed E-state index contributed by atoms with van der Waals surface area (Å²) in [7, 11) is 1.76. The van der Waals surface area contributed by atoms with Gasteiger partial charge in [0.15, 0.2) is 11.0 Å². The van der Waals surface area contributed by atoms with E-state index < -0.39 is 11.7 Å². The maximum atomic E-state index is 12.8. The SMILES string of the molecule is Cc1nc(N)sc1-c1nc2cc(C(F)(F)F)ccc2n1C. The molecule has 0 aliphatic rings. The second-order valence-corrected chi connectivity index (χ2v) is 5.69. The topological polar surface area (TPSA) is 56.7 Å². The zero-order valence-corrected chi connectivity index (χ0v) is 12.0. The van der Waals surface area contributed by atoms with Crippen molar-refractivity contribution in [2.24, 2.45) is 7.05 Å². The first-order chi connectivity index (χ1) is 9.77. The van der Waals surface area contributed by atoms with Crippen molar-refractivity contribution < 1.29 is 13.2 Å². The third kappa shape index (κ3) is 2.25. The Hall–Kier alpha value is -2.09. The van der Waals surface area contributed by atoms with E-state index in [-0.39, 0.29) is 0 Å².